The van der Waals surface area contributed by atoms with Gasteiger partial charge in [-0.15, -0.1) is 0 Å². The molecule has 0 aliphatic rings. The number of para-hydroxylation sites is 1. The highest BCUT2D eigenvalue weighted by Crippen LogP contribution is 2.29. The van der Waals surface area contributed by atoms with Crippen LogP contribution in [0, 0.1) is 6.92 Å². The van der Waals surface area contributed by atoms with E-state index in [9.17, 15) is 9.90 Å². The number of ether oxygens (including phenoxy) is 1. The van der Waals surface area contributed by atoms with E-state index in [1.165, 1.54) is 6.08 Å². The second-order valence-electron chi connectivity index (χ2n) is 4.58. The fourth-order valence-electron chi connectivity index (χ4n) is 1.90. The molecule has 4 nitrogen and oxygen atoms in total. The van der Waals surface area contributed by atoms with E-state index in [1.54, 1.807) is 18.2 Å². The Balaban J connectivity index is 2.37. The fraction of sp³-hybridized carbons (Fsp3) is 0.118. The molecule has 0 atom stereocenters. The quantitative estimate of drug-likeness (QED) is 0.826. The zero-order chi connectivity index (χ0) is 15.2. The Bertz CT molecular complexity index is 674. The minimum atomic E-state index is -1.02. The van der Waals surface area contributed by atoms with Crippen LogP contribution in [0.1, 0.15) is 16.7 Å². The Labute approximate surface area is 122 Å². The van der Waals surface area contributed by atoms with Gasteiger partial charge in [-0.3, -0.25) is 0 Å². The van der Waals surface area contributed by atoms with Crippen LogP contribution in [0.2, 0.25) is 0 Å². The smallest absolute Gasteiger partial charge is 0.328 e. The number of aryl methyl sites for hydroxylation is 1. The van der Waals surface area contributed by atoms with Crippen molar-refractivity contribution in [3.63, 3.8) is 0 Å². The van der Waals surface area contributed by atoms with Gasteiger partial charge < -0.3 is 14.9 Å². The van der Waals surface area contributed by atoms with E-state index in [-0.39, 0.29) is 6.61 Å². The molecule has 108 valence electrons. The van der Waals surface area contributed by atoms with E-state index < -0.39 is 5.97 Å². The van der Waals surface area contributed by atoms with E-state index in [4.69, 9.17) is 9.84 Å². The number of benzene rings is 2. The van der Waals surface area contributed by atoms with Crippen molar-refractivity contribution in [2.24, 2.45) is 0 Å². The average molecular weight is 284 g/mol. The maximum Gasteiger partial charge on any atom is 0.328 e. The summed E-state index contributed by atoms with van der Waals surface area (Å²) in [6, 6.07) is 12.7. The molecule has 4 heteroatoms. The maximum atomic E-state index is 10.7. The number of hydrogen-bond acceptors (Lipinski definition) is 3. The Hall–Kier alpha value is -2.59. The lowest BCUT2D eigenvalue weighted by Gasteiger charge is -2.12. The van der Waals surface area contributed by atoms with Crippen molar-refractivity contribution in [3.8, 4) is 11.5 Å². The monoisotopic (exact) mass is 284 g/mol. The number of aliphatic carboxylic acids is 1. The fourth-order valence-corrected chi connectivity index (χ4v) is 1.90. The minimum absolute atomic E-state index is 0.123. The van der Waals surface area contributed by atoms with Crippen LogP contribution in [-0.2, 0) is 11.4 Å². The molecule has 0 fully saturated rings. The van der Waals surface area contributed by atoms with Gasteiger partial charge in [0.25, 0.3) is 0 Å². The summed E-state index contributed by atoms with van der Waals surface area (Å²) in [7, 11) is 0. The molecule has 21 heavy (non-hydrogen) atoms. The molecule has 0 saturated carbocycles. The van der Waals surface area contributed by atoms with Gasteiger partial charge in [0.05, 0.1) is 6.61 Å². The van der Waals surface area contributed by atoms with Crippen LogP contribution < -0.4 is 4.74 Å². The van der Waals surface area contributed by atoms with E-state index in [0.29, 0.717) is 22.6 Å². The Morgan fingerprint density at radius 3 is 2.67 bits per heavy atom. The van der Waals surface area contributed by atoms with Gasteiger partial charge in [0, 0.05) is 17.2 Å². The van der Waals surface area contributed by atoms with Gasteiger partial charge >= 0.3 is 5.97 Å². The van der Waals surface area contributed by atoms with Gasteiger partial charge in [0.1, 0.15) is 11.5 Å². The molecule has 0 heterocycles. The average Bonchev–Trinajstić information content (AvgIpc) is 2.48. The molecule has 0 saturated heterocycles. The van der Waals surface area contributed by atoms with Crippen LogP contribution in [0.5, 0.6) is 11.5 Å². The molecule has 0 radical (unpaired) electrons. The van der Waals surface area contributed by atoms with E-state index in [0.717, 1.165) is 11.6 Å². The lowest BCUT2D eigenvalue weighted by molar-refractivity contribution is -0.131. The standard InChI is InChI=1S/C17H16O4/c1-12-6-8-16(13(10-12)7-9-17(19)20)21-15-5-3-2-4-14(15)11-18/h2-10,18H,11H2,1H3,(H,19,20)/b9-7+. The second-order valence-corrected chi connectivity index (χ2v) is 4.58. The summed E-state index contributed by atoms with van der Waals surface area (Å²) in [5.41, 5.74) is 2.35. The summed E-state index contributed by atoms with van der Waals surface area (Å²) in [4.78, 5) is 10.7. The van der Waals surface area contributed by atoms with Gasteiger partial charge in [0.15, 0.2) is 0 Å². The topological polar surface area (TPSA) is 66.8 Å². The summed E-state index contributed by atoms with van der Waals surface area (Å²) in [6.45, 7) is 1.80. The maximum absolute atomic E-state index is 10.7. The summed E-state index contributed by atoms with van der Waals surface area (Å²) in [5.74, 6) is 0.0750. The zero-order valence-corrected chi connectivity index (χ0v) is 11.6. The first-order chi connectivity index (χ1) is 10.1. The van der Waals surface area contributed by atoms with E-state index in [1.807, 2.05) is 31.2 Å². The van der Waals surface area contributed by atoms with Gasteiger partial charge in [-0.25, -0.2) is 4.79 Å². The molecular formula is C17H16O4. The number of hydrogen-bond donors (Lipinski definition) is 2. The first-order valence-corrected chi connectivity index (χ1v) is 6.48. The predicted molar refractivity (Wildman–Crippen MR) is 80.3 cm³/mol. The normalized spacial score (nSPS) is 10.8. The van der Waals surface area contributed by atoms with E-state index >= 15 is 0 Å². The summed E-state index contributed by atoms with van der Waals surface area (Å²) >= 11 is 0. The molecule has 2 aromatic rings. The number of carboxylic acids is 1. The predicted octanol–water partition coefficient (Wildman–Crippen LogP) is 3.38. The first kappa shape index (κ1) is 14.8. The number of aliphatic hydroxyl groups excluding tert-OH is 1. The molecule has 0 amide bonds. The summed E-state index contributed by atoms with van der Waals surface area (Å²) in [5, 5.41) is 18.1. The third kappa shape index (κ3) is 3.94. The molecule has 0 spiro atoms. The largest absolute Gasteiger partial charge is 0.478 e. The first-order valence-electron chi connectivity index (χ1n) is 6.48. The van der Waals surface area contributed by atoms with Crippen LogP contribution in [0.25, 0.3) is 6.08 Å². The van der Waals surface area contributed by atoms with Crippen molar-refractivity contribution in [2.45, 2.75) is 13.5 Å². The number of rotatable bonds is 5. The molecule has 2 rings (SSSR count). The van der Waals surface area contributed by atoms with Crippen molar-refractivity contribution >= 4 is 12.0 Å². The van der Waals surface area contributed by atoms with Crippen LogP contribution >= 0.6 is 0 Å². The number of aliphatic hydroxyl groups is 1. The number of carboxylic acid groups (broad SMARTS) is 1. The third-order valence-electron chi connectivity index (χ3n) is 2.93. The molecule has 0 unspecified atom stereocenters. The molecule has 0 aliphatic heterocycles. The summed E-state index contributed by atoms with van der Waals surface area (Å²) < 4.78 is 5.81. The molecule has 2 N–H and O–H groups in total. The zero-order valence-electron chi connectivity index (χ0n) is 11.6. The van der Waals surface area contributed by atoms with Crippen LogP contribution in [0.3, 0.4) is 0 Å². The third-order valence-corrected chi connectivity index (χ3v) is 2.93. The minimum Gasteiger partial charge on any atom is -0.478 e. The highest BCUT2D eigenvalue weighted by atomic mass is 16.5. The van der Waals surface area contributed by atoms with Crippen molar-refractivity contribution in [3.05, 3.63) is 65.2 Å². The van der Waals surface area contributed by atoms with Gasteiger partial charge in [-0.2, -0.15) is 0 Å². The summed E-state index contributed by atoms with van der Waals surface area (Å²) in [6.07, 6.45) is 2.56. The highest BCUT2D eigenvalue weighted by Gasteiger charge is 2.07. The second kappa shape index (κ2) is 6.72. The molecule has 0 bridgehead atoms. The van der Waals surface area contributed by atoms with Crippen molar-refractivity contribution in [1.82, 2.24) is 0 Å². The highest BCUT2D eigenvalue weighted by molar-refractivity contribution is 5.86. The SMILES string of the molecule is Cc1ccc(Oc2ccccc2CO)c(/C=C/C(=O)O)c1. The van der Waals surface area contributed by atoms with Gasteiger partial charge in [0.2, 0.25) is 0 Å². The van der Waals surface area contributed by atoms with Crippen LogP contribution in [0.15, 0.2) is 48.5 Å². The number of carbonyl (C=O) groups is 1. The van der Waals surface area contributed by atoms with Gasteiger partial charge in [-0.05, 0) is 31.2 Å². The molecule has 0 aliphatic carbocycles. The molecule has 0 aromatic heterocycles. The van der Waals surface area contributed by atoms with Crippen LogP contribution in [0.4, 0.5) is 0 Å². The molecule has 2 aromatic carbocycles. The van der Waals surface area contributed by atoms with E-state index in [2.05, 4.69) is 0 Å². The van der Waals surface area contributed by atoms with Crippen molar-refractivity contribution < 1.29 is 19.7 Å². The molecular weight excluding hydrogens is 268 g/mol. The lowest BCUT2D eigenvalue weighted by atomic mass is 10.1. The Morgan fingerprint density at radius 2 is 1.95 bits per heavy atom. The van der Waals surface area contributed by atoms with Crippen LogP contribution in [-0.4, -0.2) is 16.2 Å². The lowest BCUT2D eigenvalue weighted by Crippen LogP contribution is -1.94. The van der Waals surface area contributed by atoms with Gasteiger partial charge in [-0.1, -0.05) is 29.8 Å². The van der Waals surface area contributed by atoms with Crippen molar-refractivity contribution in [1.29, 1.82) is 0 Å². The Kier molecular flexibility index (Phi) is 4.74. The van der Waals surface area contributed by atoms with Crippen molar-refractivity contribution in [2.75, 3.05) is 0 Å². The Morgan fingerprint density at radius 1 is 1.19 bits per heavy atom.